The minimum Gasteiger partial charge on any atom is -0.475 e. The van der Waals surface area contributed by atoms with Gasteiger partial charge in [-0.3, -0.25) is 0 Å². The van der Waals surface area contributed by atoms with Crippen LogP contribution in [0.1, 0.15) is 0 Å². The summed E-state index contributed by atoms with van der Waals surface area (Å²) in [6, 6.07) is 0. The van der Waals surface area contributed by atoms with Gasteiger partial charge in [0.2, 0.25) is 0 Å². The van der Waals surface area contributed by atoms with Gasteiger partial charge in [-0.2, -0.15) is 26.3 Å². The fourth-order valence-corrected chi connectivity index (χ4v) is 0. The zero-order valence-corrected chi connectivity index (χ0v) is 8.39. The van der Waals surface area contributed by atoms with Crippen LogP contribution in [0.5, 0.6) is 0 Å². The number of rotatable bonds is 0. The molecule has 0 unspecified atom stereocenters. The van der Waals surface area contributed by atoms with E-state index in [-0.39, 0.29) is 21.1 Å². The summed E-state index contributed by atoms with van der Waals surface area (Å²) in [7, 11) is 0. The fourth-order valence-electron chi connectivity index (χ4n) is 0. The predicted molar refractivity (Wildman–Crippen MR) is 27.4 cm³/mol. The summed E-state index contributed by atoms with van der Waals surface area (Å²) in [5, 5.41) is 14.2. The molecule has 0 aromatic carbocycles. The van der Waals surface area contributed by atoms with Gasteiger partial charge >= 0.3 is 24.3 Å². The number of hydrogen-bond acceptors (Lipinski definition) is 2. The van der Waals surface area contributed by atoms with Crippen LogP contribution in [0, 0.1) is 0 Å². The summed E-state index contributed by atoms with van der Waals surface area (Å²) in [6.07, 6.45) is -10.2. The molecule has 2 N–H and O–H groups in total. The Hall–Kier alpha value is -0.792. The van der Waals surface area contributed by atoms with Crippen molar-refractivity contribution in [3.05, 3.63) is 0 Å². The van der Waals surface area contributed by atoms with Crippen LogP contribution in [0.2, 0.25) is 0 Å². The van der Waals surface area contributed by atoms with Crippen molar-refractivity contribution >= 4 is 11.9 Å². The van der Waals surface area contributed by atoms with Gasteiger partial charge in [0.15, 0.2) is 0 Å². The standard InChI is InChI=1S/2C2HF3O2.Mo/c2*3-2(4,5)1(6)7;/h2*(H,6,7);. The molecule has 0 radical (unpaired) electrons. The van der Waals surface area contributed by atoms with Gasteiger partial charge in [-0.05, 0) is 0 Å². The van der Waals surface area contributed by atoms with E-state index in [1.54, 1.807) is 0 Å². The van der Waals surface area contributed by atoms with E-state index < -0.39 is 24.3 Å². The van der Waals surface area contributed by atoms with E-state index in [2.05, 4.69) is 0 Å². The van der Waals surface area contributed by atoms with Crippen molar-refractivity contribution in [2.24, 2.45) is 0 Å². The number of hydrogen-bond donors (Lipinski definition) is 2. The van der Waals surface area contributed by atoms with Gasteiger partial charge in [0.05, 0.1) is 0 Å². The molecular weight excluding hydrogens is 322 g/mol. The predicted octanol–water partition coefficient (Wildman–Crippen LogP) is 1.26. The van der Waals surface area contributed by atoms with Crippen LogP contribution < -0.4 is 0 Å². The number of carboxylic acid groups (broad SMARTS) is 2. The minimum atomic E-state index is -5.08. The molecule has 0 saturated carbocycles. The van der Waals surface area contributed by atoms with E-state index in [0.29, 0.717) is 0 Å². The van der Waals surface area contributed by atoms with Crippen molar-refractivity contribution in [2.45, 2.75) is 12.4 Å². The second kappa shape index (κ2) is 6.65. The van der Waals surface area contributed by atoms with Crippen molar-refractivity contribution in [3.63, 3.8) is 0 Å². The van der Waals surface area contributed by atoms with Crippen LogP contribution in [0.3, 0.4) is 0 Å². The maximum absolute atomic E-state index is 10.6. The quantitative estimate of drug-likeness (QED) is 0.520. The van der Waals surface area contributed by atoms with E-state index in [0.717, 1.165) is 0 Å². The number of carboxylic acids is 2. The Morgan fingerprint density at radius 1 is 0.733 bits per heavy atom. The summed E-state index contributed by atoms with van der Waals surface area (Å²) in [6.45, 7) is 0. The van der Waals surface area contributed by atoms with E-state index in [9.17, 15) is 26.3 Å². The van der Waals surface area contributed by atoms with Gasteiger partial charge in [0.1, 0.15) is 0 Å². The van der Waals surface area contributed by atoms with Crippen LogP contribution in [-0.4, -0.2) is 34.5 Å². The van der Waals surface area contributed by atoms with Crippen LogP contribution in [0.4, 0.5) is 26.3 Å². The van der Waals surface area contributed by atoms with Gasteiger partial charge in [0.25, 0.3) is 0 Å². The van der Waals surface area contributed by atoms with Crippen molar-refractivity contribution in [1.29, 1.82) is 0 Å². The molecule has 0 aliphatic heterocycles. The van der Waals surface area contributed by atoms with Gasteiger partial charge < -0.3 is 10.2 Å². The largest absolute Gasteiger partial charge is 0.490 e. The SMILES string of the molecule is O=C(O)C(F)(F)F.O=C(O)C(F)(F)F.[Mo]. The zero-order chi connectivity index (χ0) is 12.2. The van der Waals surface area contributed by atoms with Gasteiger partial charge in [-0.1, -0.05) is 0 Å². The molecule has 0 rings (SSSR count). The molecule has 11 heteroatoms. The molecule has 4 nitrogen and oxygen atoms in total. The molecule has 0 bridgehead atoms. The summed E-state index contributed by atoms with van der Waals surface area (Å²) in [5.41, 5.74) is 0. The summed E-state index contributed by atoms with van der Waals surface area (Å²) in [5.74, 6) is -5.51. The van der Waals surface area contributed by atoms with E-state index >= 15 is 0 Å². The summed E-state index contributed by atoms with van der Waals surface area (Å²) >= 11 is 0. The van der Waals surface area contributed by atoms with Gasteiger partial charge in [0, 0.05) is 21.1 Å². The maximum Gasteiger partial charge on any atom is 0.490 e. The molecule has 90 valence electrons. The first-order chi connectivity index (χ1) is 5.89. The summed E-state index contributed by atoms with van der Waals surface area (Å²) < 4.78 is 63.5. The smallest absolute Gasteiger partial charge is 0.475 e. The van der Waals surface area contributed by atoms with Crippen molar-refractivity contribution in [1.82, 2.24) is 0 Å². The first kappa shape index (κ1) is 19.7. The average Bonchev–Trinajstić information content (AvgIpc) is 1.83. The van der Waals surface area contributed by atoms with Crippen LogP contribution in [-0.2, 0) is 30.7 Å². The first-order valence-electron chi connectivity index (χ1n) is 2.49. The van der Waals surface area contributed by atoms with E-state index in [1.165, 1.54) is 0 Å². The monoisotopic (exact) mass is 326 g/mol. The van der Waals surface area contributed by atoms with Crippen LogP contribution in [0.15, 0.2) is 0 Å². The fraction of sp³-hybridized carbons (Fsp3) is 0.500. The molecule has 0 saturated heterocycles. The van der Waals surface area contributed by atoms with Crippen molar-refractivity contribution in [2.75, 3.05) is 0 Å². The van der Waals surface area contributed by atoms with Gasteiger partial charge in [-0.25, -0.2) is 9.59 Å². The Bertz CT molecular complexity index is 196. The number of alkyl halides is 6. The first-order valence-corrected chi connectivity index (χ1v) is 2.49. The van der Waals surface area contributed by atoms with E-state index in [1.807, 2.05) is 0 Å². The third-order valence-corrected chi connectivity index (χ3v) is 0.485. The third kappa shape index (κ3) is 13.2. The van der Waals surface area contributed by atoms with E-state index in [4.69, 9.17) is 19.8 Å². The Morgan fingerprint density at radius 3 is 0.800 bits per heavy atom. The molecule has 0 aromatic rings. The molecule has 0 aliphatic carbocycles. The third-order valence-electron chi connectivity index (χ3n) is 0.485. The zero-order valence-electron chi connectivity index (χ0n) is 6.39. The topological polar surface area (TPSA) is 74.6 Å². The Kier molecular flexibility index (Phi) is 8.74. The number of aliphatic carboxylic acids is 2. The number of halogens is 6. The molecule has 0 fully saturated rings. The second-order valence-corrected chi connectivity index (χ2v) is 1.61. The molecular formula is C4H2F6MoO4. The Labute approximate surface area is 92.1 Å². The molecule has 0 aromatic heterocycles. The second-order valence-electron chi connectivity index (χ2n) is 1.61. The van der Waals surface area contributed by atoms with Crippen LogP contribution >= 0.6 is 0 Å². The molecule has 15 heavy (non-hydrogen) atoms. The van der Waals surface area contributed by atoms with Crippen LogP contribution in [0.25, 0.3) is 0 Å². The average molecular weight is 324 g/mol. The molecule has 0 amide bonds. The molecule has 0 spiro atoms. The Balaban J connectivity index is -0.000000180. The Morgan fingerprint density at radius 2 is 0.800 bits per heavy atom. The molecule has 0 aliphatic rings. The normalized spacial score (nSPS) is 10.5. The molecule has 0 atom stereocenters. The van der Waals surface area contributed by atoms with Crippen molar-refractivity contribution < 1.29 is 67.2 Å². The van der Waals surface area contributed by atoms with Crippen molar-refractivity contribution in [3.8, 4) is 0 Å². The van der Waals surface area contributed by atoms with Gasteiger partial charge in [-0.15, -0.1) is 0 Å². The number of carbonyl (C=O) groups is 2. The maximum atomic E-state index is 10.6. The minimum absolute atomic E-state index is 0. The summed E-state index contributed by atoms with van der Waals surface area (Å²) in [4.78, 5) is 17.8. The molecule has 0 heterocycles.